The lowest BCUT2D eigenvalue weighted by molar-refractivity contribution is 0.207. The van der Waals surface area contributed by atoms with Gasteiger partial charge in [0.05, 0.1) is 18.6 Å². The Hall–Kier alpha value is -3.61. The van der Waals surface area contributed by atoms with Crippen molar-refractivity contribution in [3.63, 3.8) is 0 Å². The standard InChI is InChI=1S/C31H43N5O6S/c1-5-6-17-36(43(38,39)25-13-8-7-9-14-25)29-28(42-27-16-11-10-15-26(27)40-4)30(41-23-12-22-37)33-31(32-29)35-20-18-34(19-21-35)24(2)3/h7-11,13-16,24,37H,5-6,12,17-23H2,1-4H3. The highest BCUT2D eigenvalue weighted by molar-refractivity contribution is 7.92. The maximum Gasteiger partial charge on any atom is 0.265 e. The van der Waals surface area contributed by atoms with Gasteiger partial charge in [-0.2, -0.15) is 9.97 Å². The fourth-order valence-electron chi connectivity index (χ4n) is 4.75. The van der Waals surface area contributed by atoms with E-state index in [4.69, 9.17) is 24.2 Å². The van der Waals surface area contributed by atoms with Crippen molar-refractivity contribution in [3.05, 3.63) is 54.6 Å². The molecule has 1 aromatic heterocycles. The molecular formula is C31H43N5O6S. The molecule has 0 amide bonds. The first-order valence-corrected chi connectivity index (χ1v) is 16.3. The second kappa shape index (κ2) is 15.2. The summed E-state index contributed by atoms with van der Waals surface area (Å²) in [4.78, 5) is 14.2. The van der Waals surface area contributed by atoms with Crippen LogP contribution in [0.1, 0.15) is 40.0 Å². The first-order valence-electron chi connectivity index (χ1n) is 14.8. The molecule has 1 aliphatic rings. The number of ether oxygens (including phenoxy) is 3. The molecule has 1 N–H and O–H groups in total. The molecule has 43 heavy (non-hydrogen) atoms. The Morgan fingerprint density at radius 2 is 1.63 bits per heavy atom. The van der Waals surface area contributed by atoms with E-state index < -0.39 is 10.0 Å². The monoisotopic (exact) mass is 613 g/mol. The van der Waals surface area contributed by atoms with Gasteiger partial charge in [-0.3, -0.25) is 4.90 Å². The summed E-state index contributed by atoms with van der Waals surface area (Å²) in [7, 11) is -2.52. The summed E-state index contributed by atoms with van der Waals surface area (Å²) in [5.41, 5.74) is 0. The van der Waals surface area contributed by atoms with Crippen molar-refractivity contribution in [1.82, 2.24) is 14.9 Å². The van der Waals surface area contributed by atoms with Crippen molar-refractivity contribution >= 4 is 21.8 Å². The topological polar surface area (TPSA) is 118 Å². The van der Waals surface area contributed by atoms with Gasteiger partial charge in [0, 0.05) is 51.8 Å². The zero-order valence-electron chi connectivity index (χ0n) is 25.5. The number of anilines is 2. The Morgan fingerprint density at radius 1 is 0.953 bits per heavy atom. The number of aliphatic hydroxyl groups is 1. The van der Waals surface area contributed by atoms with Crippen molar-refractivity contribution in [1.29, 1.82) is 0 Å². The van der Waals surface area contributed by atoms with Crippen LogP contribution in [0.15, 0.2) is 59.5 Å². The van der Waals surface area contributed by atoms with Crippen LogP contribution < -0.4 is 23.4 Å². The van der Waals surface area contributed by atoms with Crippen LogP contribution in [-0.4, -0.2) is 87.5 Å². The van der Waals surface area contributed by atoms with Crippen LogP contribution in [0.5, 0.6) is 23.1 Å². The lowest BCUT2D eigenvalue weighted by atomic mass is 10.2. The number of para-hydroxylation sites is 2. The Morgan fingerprint density at radius 3 is 2.26 bits per heavy atom. The summed E-state index contributed by atoms with van der Waals surface area (Å²) in [5, 5.41) is 9.46. The van der Waals surface area contributed by atoms with E-state index in [1.54, 1.807) is 48.5 Å². The van der Waals surface area contributed by atoms with E-state index in [1.807, 2.05) is 17.9 Å². The minimum atomic E-state index is -4.06. The normalized spacial score (nSPS) is 14.1. The highest BCUT2D eigenvalue weighted by Crippen LogP contribution is 2.44. The molecule has 1 aliphatic heterocycles. The number of hydrogen-bond donors (Lipinski definition) is 1. The molecule has 2 aromatic carbocycles. The molecule has 3 aromatic rings. The lowest BCUT2D eigenvalue weighted by Gasteiger charge is -2.37. The van der Waals surface area contributed by atoms with E-state index in [0.29, 0.717) is 49.4 Å². The molecule has 0 aliphatic carbocycles. The van der Waals surface area contributed by atoms with Crippen LogP contribution in [0.2, 0.25) is 0 Å². The molecule has 2 heterocycles. The van der Waals surface area contributed by atoms with E-state index in [0.717, 1.165) is 19.5 Å². The van der Waals surface area contributed by atoms with Gasteiger partial charge in [-0.1, -0.05) is 43.7 Å². The minimum Gasteiger partial charge on any atom is -0.493 e. The van der Waals surface area contributed by atoms with Gasteiger partial charge in [0.25, 0.3) is 15.9 Å². The van der Waals surface area contributed by atoms with Crippen LogP contribution in [-0.2, 0) is 10.0 Å². The number of unbranched alkanes of at least 4 members (excludes halogenated alkanes) is 1. The highest BCUT2D eigenvalue weighted by Gasteiger charge is 2.33. The molecule has 0 atom stereocenters. The first kappa shape index (κ1) is 32.3. The SMILES string of the molecule is CCCCN(c1nc(N2CCN(C(C)C)CC2)nc(OCCCO)c1Oc1ccccc1OC)S(=O)(=O)c1ccccc1. The van der Waals surface area contributed by atoms with Gasteiger partial charge >= 0.3 is 0 Å². The number of rotatable bonds is 15. The Labute approximate surface area is 255 Å². The van der Waals surface area contributed by atoms with Gasteiger partial charge < -0.3 is 24.2 Å². The number of hydrogen-bond acceptors (Lipinski definition) is 10. The Balaban J connectivity index is 1.91. The zero-order chi connectivity index (χ0) is 30.8. The lowest BCUT2D eigenvalue weighted by Crippen LogP contribution is -2.49. The molecule has 12 heteroatoms. The zero-order valence-corrected chi connectivity index (χ0v) is 26.3. The van der Waals surface area contributed by atoms with Crippen LogP contribution in [0.4, 0.5) is 11.8 Å². The summed E-state index contributed by atoms with van der Waals surface area (Å²) in [6, 6.07) is 15.8. The quantitative estimate of drug-likeness (QED) is 0.244. The molecule has 11 nitrogen and oxygen atoms in total. The van der Waals surface area contributed by atoms with E-state index >= 15 is 0 Å². The van der Waals surface area contributed by atoms with E-state index in [2.05, 4.69) is 18.7 Å². The molecule has 0 unspecified atom stereocenters. The molecular weight excluding hydrogens is 570 g/mol. The summed E-state index contributed by atoms with van der Waals surface area (Å²) in [5.74, 6) is 1.40. The van der Waals surface area contributed by atoms with Gasteiger partial charge in [-0.25, -0.2) is 12.7 Å². The van der Waals surface area contributed by atoms with Gasteiger partial charge in [0.2, 0.25) is 11.7 Å². The largest absolute Gasteiger partial charge is 0.493 e. The maximum absolute atomic E-state index is 14.2. The summed E-state index contributed by atoms with van der Waals surface area (Å²) < 4.78 is 47.8. The molecule has 1 saturated heterocycles. The molecule has 234 valence electrons. The second-order valence-electron chi connectivity index (χ2n) is 10.5. The fraction of sp³-hybridized carbons (Fsp3) is 0.484. The smallest absolute Gasteiger partial charge is 0.265 e. The third-order valence-corrected chi connectivity index (χ3v) is 9.04. The van der Waals surface area contributed by atoms with Crippen molar-refractivity contribution in [2.45, 2.75) is 51.0 Å². The summed E-state index contributed by atoms with van der Waals surface area (Å²) in [6.07, 6.45) is 1.71. The molecule has 0 bridgehead atoms. The predicted molar refractivity (Wildman–Crippen MR) is 167 cm³/mol. The summed E-state index contributed by atoms with van der Waals surface area (Å²) >= 11 is 0. The predicted octanol–water partition coefficient (Wildman–Crippen LogP) is 4.56. The van der Waals surface area contributed by atoms with E-state index in [9.17, 15) is 13.5 Å². The number of aliphatic hydroxyl groups excluding tert-OH is 1. The minimum absolute atomic E-state index is 0.0580. The van der Waals surface area contributed by atoms with E-state index in [-0.39, 0.29) is 42.1 Å². The van der Waals surface area contributed by atoms with Gasteiger partial charge in [0.1, 0.15) is 0 Å². The number of aromatic nitrogens is 2. The second-order valence-corrected chi connectivity index (χ2v) is 12.4. The van der Waals surface area contributed by atoms with Gasteiger partial charge in [-0.05, 0) is 44.5 Å². The maximum atomic E-state index is 14.2. The number of benzene rings is 2. The van der Waals surface area contributed by atoms with Crippen LogP contribution in [0.3, 0.4) is 0 Å². The Kier molecular flexibility index (Phi) is 11.4. The van der Waals surface area contributed by atoms with Crippen molar-refractivity contribution in [2.24, 2.45) is 0 Å². The number of methoxy groups -OCH3 is 1. The average Bonchev–Trinajstić information content (AvgIpc) is 3.03. The van der Waals surface area contributed by atoms with Crippen molar-refractivity contribution < 1.29 is 27.7 Å². The third-order valence-electron chi connectivity index (χ3n) is 7.24. The summed E-state index contributed by atoms with van der Waals surface area (Å²) in [6.45, 7) is 9.55. The molecule has 0 spiro atoms. The number of sulfonamides is 1. The molecule has 1 fully saturated rings. The number of piperazine rings is 1. The number of nitrogens with zero attached hydrogens (tertiary/aromatic N) is 5. The molecule has 0 saturated carbocycles. The van der Waals surface area contributed by atoms with Crippen LogP contribution in [0, 0.1) is 0 Å². The van der Waals surface area contributed by atoms with Gasteiger partial charge in [0.15, 0.2) is 17.3 Å². The van der Waals surface area contributed by atoms with Crippen LogP contribution in [0.25, 0.3) is 0 Å². The first-order chi connectivity index (χ1) is 20.8. The fourth-order valence-corrected chi connectivity index (χ4v) is 6.23. The Bertz CT molecular complexity index is 1420. The van der Waals surface area contributed by atoms with Crippen LogP contribution >= 0.6 is 0 Å². The molecule has 4 rings (SSSR count). The molecule has 0 radical (unpaired) electrons. The average molecular weight is 614 g/mol. The van der Waals surface area contributed by atoms with Gasteiger partial charge in [-0.15, -0.1) is 0 Å². The van der Waals surface area contributed by atoms with Crippen molar-refractivity contribution in [3.8, 4) is 23.1 Å². The van der Waals surface area contributed by atoms with Crippen molar-refractivity contribution in [2.75, 3.05) is 62.3 Å². The van der Waals surface area contributed by atoms with E-state index in [1.165, 1.54) is 11.4 Å². The third kappa shape index (κ3) is 7.87. The highest BCUT2D eigenvalue weighted by atomic mass is 32.2.